The number of nitrogens with zero attached hydrogens (tertiary/aromatic N) is 2. The van der Waals surface area contributed by atoms with Gasteiger partial charge in [0.05, 0.1) is 17.9 Å². The summed E-state index contributed by atoms with van der Waals surface area (Å²) in [6.45, 7) is 4.40. The fraction of sp³-hybridized carbons (Fsp3) is 0.583. The molecule has 1 amide bonds. The average Bonchev–Trinajstić information content (AvgIpc) is 2.76. The number of amides is 1. The average molecular weight is 329 g/mol. The first kappa shape index (κ1) is 14.0. The van der Waals surface area contributed by atoms with Gasteiger partial charge in [-0.2, -0.15) is 5.10 Å². The van der Waals surface area contributed by atoms with Crippen LogP contribution in [0.15, 0.2) is 15.5 Å². The van der Waals surface area contributed by atoms with Crippen molar-refractivity contribution in [1.29, 1.82) is 0 Å². The van der Waals surface area contributed by atoms with Crippen molar-refractivity contribution in [3.05, 3.63) is 21.0 Å². The maximum Gasteiger partial charge on any atom is 0.283 e. The molecule has 1 aliphatic heterocycles. The van der Waals surface area contributed by atoms with Gasteiger partial charge in [-0.15, -0.1) is 0 Å². The Morgan fingerprint density at radius 2 is 2.32 bits per heavy atom. The van der Waals surface area contributed by atoms with Crippen LogP contribution < -0.4 is 16.2 Å². The zero-order valence-electron chi connectivity index (χ0n) is 10.9. The Kier molecular flexibility index (Phi) is 4.24. The molecule has 1 aromatic rings. The number of hydrogen-bond acceptors (Lipinski definition) is 4. The van der Waals surface area contributed by atoms with Gasteiger partial charge in [0, 0.05) is 19.0 Å². The first-order valence-corrected chi connectivity index (χ1v) is 7.09. The van der Waals surface area contributed by atoms with E-state index in [0.717, 1.165) is 6.42 Å². The Labute approximate surface area is 119 Å². The van der Waals surface area contributed by atoms with Gasteiger partial charge in [0.15, 0.2) is 0 Å². The normalized spacial score (nSPS) is 18.7. The maximum absolute atomic E-state index is 12.0. The second-order valence-electron chi connectivity index (χ2n) is 4.90. The van der Waals surface area contributed by atoms with Crippen LogP contribution in [0.1, 0.15) is 32.7 Å². The number of halogens is 1. The van der Waals surface area contributed by atoms with E-state index < -0.39 is 0 Å². The Morgan fingerprint density at radius 3 is 2.89 bits per heavy atom. The molecule has 0 spiro atoms. The van der Waals surface area contributed by atoms with E-state index in [-0.39, 0.29) is 23.6 Å². The molecule has 2 heterocycles. The third-order valence-corrected chi connectivity index (χ3v) is 3.82. The first-order valence-electron chi connectivity index (χ1n) is 6.29. The van der Waals surface area contributed by atoms with Gasteiger partial charge >= 0.3 is 0 Å². The molecule has 0 radical (unpaired) electrons. The first-order chi connectivity index (χ1) is 8.99. The molecule has 19 heavy (non-hydrogen) atoms. The van der Waals surface area contributed by atoms with Crippen LogP contribution >= 0.6 is 15.9 Å². The van der Waals surface area contributed by atoms with E-state index in [1.54, 1.807) is 6.20 Å². The maximum atomic E-state index is 12.0. The van der Waals surface area contributed by atoms with Gasteiger partial charge in [-0.25, -0.2) is 4.68 Å². The largest absolute Gasteiger partial charge is 0.381 e. The summed E-state index contributed by atoms with van der Waals surface area (Å²) in [7, 11) is 0. The van der Waals surface area contributed by atoms with Crippen molar-refractivity contribution in [3.8, 4) is 0 Å². The van der Waals surface area contributed by atoms with Crippen LogP contribution in [0.4, 0.5) is 5.69 Å². The minimum Gasteiger partial charge on any atom is -0.381 e. The van der Waals surface area contributed by atoms with E-state index in [9.17, 15) is 9.59 Å². The predicted molar refractivity (Wildman–Crippen MR) is 76.2 cm³/mol. The zero-order valence-corrected chi connectivity index (χ0v) is 12.5. The molecular weight excluding hydrogens is 312 g/mol. The van der Waals surface area contributed by atoms with E-state index in [2.05, 4.69) is 31.7 Å². The molecule has 0 bridgehead atoms. The Hall–Kier alpha value is -1.37. The van der Waals surface area contributed by atoms with Crippen LogP contribution in [-0.4, -0.2) is 28.3 Å². The minimum atomic E-state index is -0.157. The highest BCUT2D eigenvalue weighted by atomic mass is 79.9. The Bertz CT molecular complexity index is 541. The molecule has 1 saturated heterocycles. The van der Waals surface area contributed by atoms with Crippen molar-refractivity contribution in [2.75, 3.05) is 11.9 Å². The third-order valence-electron chi connectivity index (χ3n) is 3.06. The van der Waals surface area contributed by atoms with Crippen molar-refractivity contribution in [3.63, 3.8) is 0 Å². The smallest absolute Gasteiger partial charge is 0.283 e. The molecule has 1 aliphatic rings. The number of nitrogens with one attached hydrogen (secondary N) is 2. The van der Waals surface area contributed by atoms with Gasteiger partial charge in [-0.1, -0.05) is 0 Å². The highest BCUT2D eigenvalue weighted by molar-refractivity contribution is 9.10. The monoisotopic (exact) mass is 328 g/mol. The molecule has 2 N–H and O–H groups in total. The SMILES string of the molecule is CC(C)n1ncc(NCC2CCC(=O)N2)c(Br)c1=O. The van der Waals surface area contributed by atoms with Gasteiger partial charge in [-0.05, 0) is 36.2 Å². The lowest BCUT2D eigenvalue weighted by Crippen LogP contribution is -2.33. The Morgan fingerprint density at radius 1 is 1.58 bits per heavy atom. The summed E-state index contributed by atoms with van der Waals surface area (Å²) in [5.74, 6) is 0.0826. The lowest BCUT2D eigenvalue weighted by molar-refractivity contribution is -0.119. The van der Waals surface area contributed by atoms with Crippen molar-refractivity contribution in [2.24, 2.45) is 0 Å². The van der Waals surface area contributed by atoms with Gasteiger partial charge in [-0.3, -0.25) is 9.59 Å². The molecule has 1 unspecified atom stereocenters. The molecule has 0 saturated carbocycles. The summed E-state index contributed by atoms with van der Waals surface area (Å²) in [5, 5.41) is 10.1. The summed E-state index contributed by atoms with van der Waals surface area (Å²) in [4.78, 5) is 23.1. The molecule has 104 valence electrons. The fourth-order valence-corrected chi connectivity index (χ4v) is 2.42. The van der Waals surface area contributed by atoms with Gasteiger partial charge in [0.1, 0.15) is 4.47 Å². The minimum absolute atomic E-state index is 0.0203. The van der Waals surface area contributed by atoms with E-state index in [0.29, 0.717) is 23.1 Å². The highest BCUT2D eigenvalue weighted by Gasteiger charge is 2.20. The van der Waals surface area contributed by atoms with Crippen molar-refractivity contribution >= 4 is 27.5 Å². The van der Waals surface area contributed by atoms with E-state index >= 15 is 0 Å². The van der Waals surface area contributed by atoms with Gasteiger partial charge in [0.2, 0.25) is 5.91 Å². The van der Waals surface area contributed by atoms with Crippen molar-refractivity contribution in [2.45, 2.75) is 38.8 Å². The van der Waals surface area contributed by atoms with E-state index in [1.807, 2.05) is 13.8 Å². The van der Waals surface area contributed by atoms with Gasteiger partial charge in [0.25, 0.3) is 5.56 Å². The Balaban J connectivity index is 2.07. The highest BCUT2D eigenvalue weighted by Crippen LogP contribution is 2.18. The summed E-state index contributed by atoms with van der Waals surface area (Å²) in [6.07, 6.45) is 3.02. The molecular formula is C12H17BrN4O2. The molecule has 0 aliphatic carbocycles. The van der Waals surface area contributed by atoms with E-state index in [1.165, 1.54) is 4.68 Å². The van der Waals surface area contributed by atoms with Crippen LogP contribution in [0.25, 0.3) is 0 Å². The van der Waals surface area contributed by atoms with Crippen LogP contribution in [0.3, 0.4) is 0 Å². The van der Waals surface area contributed by atoms with Crippen LogP contribution in [0.5, 0.6) is 0 Å². The second-order valence-corrected chi connectivity index (χ2v) is 5.69. The number of rotatable bonds is 4. The molecule has 0 aromatic carbocycles. The summed E-state index contributed by atoms with van der Waals surface area (Å²) in [5.41, 5.74) is 0.499. The standard InChI is InChI=1S/C12H17BrN4O2/c1-7(2)17-12(19)11(13)9(6-15-17)14-5-8-3-4-10(18)16-8/h6-8,14H,3-5H2,1-2H3,(H,16,18). The van der Waals surface area contributed by atoms with Crippen molar-refractivity contribution in [1.82, 2.24) is 15.1 Å². The third kappa shape index (κ3) is 3.15. The second kappa shape index (κ2) is 5.73. The summed E-state index contributed by atoms with van der Waals surface area (Å²) >= 11 is 3.30. The fourth-order valence-electron chi connectivity index (χ4n) is 2.00. The lowest BCUT2D eigenvalue weighted by atomic mass is 10.2. The molecule has 1 aromatic heterocycles. The van der Waals surface area contributed by atoms with Gasteiger partial charge < -0.3 is 10.6 Å². The number of anilines is 1. The quantitative estimate of drug-likeness (QED) is 0.872. The van der Waals surface area contributed by atoms with Crippen LogP contribution in [0, 0.1) is 0 Å². The molecule has 2 rings (SSSR count). The van der Waals surface area contributed by atoms with Crippen molar-refractivity contribution < 1.29 is 4.79 Å². The van der Waals surface area contributed by atoms with E-state index in [4.69, 9.17) is 0 Å². The molecule has 7 heteroatoms. The number of hydrogen-bond donors (Lipinski definition) is 2. The number of aromatic nitrogens is 2. The molecule has 6 nitrogen and oxygen atoms in total. The molecule has 1 fully saturated rings. The number of carbonyl (C=O) groups is 1. The molecule has 1 atom stereocenters. The summed E-state index contributed by atoms with van der Waals surface area (Å²) in [6, 6.07) is 0.138. The van der Waals surface area contributed by atoms with Crippen LogP contribution in [0.2, 0.25) is 0 Å². The number of carbonyl (C=O) groups excluding carboxylic acids is 1. The summed E-state index contributed by atoms with van der Waals surface area (Å²) < 4.78 is 1.90. The van der Waals surface area contributed by atoms with Crippen LogP contribution in [-0.2, 0) is 4.79 Å². The topological polar surface area (TPSA) is 76.0 Å². The predicted octanol–water partition coefficient (Wildman–Crippen LogP) is 1.28. The zero-order chi connectivity index (χ0) is 14.0. The lowest BCUT2D eigenvalue weighted by Gasteiger charge is -2.15.